The molecule has 1 fully saturated rings. The number of ether oxygens (including phenoxy) is 1. The van der Waals surface area contributed by atoms with Gasteiger partial charge >= 0.3 is 0 Å². The Morgan fingerprint density at radius 1 is 1.05 bits per heavy atom. The molecule has 0 unspecified atom stereocenters. The molecular weight excluding hydrogens is 556 g/mol. The summed E-state index contributed by atoms with van der Waals surface area (Å²) in [6.07, 6.45) is 3.69. The highest BCUT2D eigenvalue weighted by atomic mass is 32.2. The van der Waals surface area contributed by atoms with Crippen molar-refractivity contribution in [1.82, 2.24) is 15.3 Å². The lowest BCUT2D eigenvalue weighted by atomic mass is 9.93. The summed E-state index contributed by atoms with van der Waals surface area (Å²) >= 11 is 0. The van der Waals surface area contributed by atoms with E-state index in [1.807, 2.05) is 0 Å². The van der Waals surface area contributed by atoms with Gasteiger partial charge in [0.15, 0.2) is 0 Å². The van der Waals surface area contributed by atoms with E-state index in [9.17, 15) is 27.1 Å². The van der Waals surface area contributed by atoms with E-state index < -0.39 is 26.6 Å². The maximum Gasteiger partial charge on any atom is 0.264 e. The van der Waals surface area contributed by atoms with E-state index in [-0.39, 0.29) is 41.0 Å². The van der Waals surface area contributed by atoms with Crippen molar-refractivity contribution in [1.29, 1.82) is 0 Å². The first kappa shape index (κ1) is 28.2. The molecule has 0 aliphatic heterocycles. The van der Waals surface area contributed by atoms with Crippen LogP contribution in [0.4, 0.5) is 20.3 Å². The Balaban J connectivity index is 1.45. The Morgan fingerprint density at radius 2 is 1.80 bits per heavy atom. The summed E-state index contributed by atoms with van der Waals surface area (Å²) in [6.45, 7) is 0. The lowest BCUT2D eigenvalue weighted by molar-refractivity contribution is 0.0868. The fraction of sp³-hybridized carbons (Fsp3) is 0.250. The SMILES string of the molecule is COc1ncc(-c2ccc3nc(N)c(C(=O)N[C@H]4CC[C@H](O)CC4)cc3c2)cc1NS(=O)(=O)c1ccc(F)cc1F. The number of carbonyl (C=O) groups excluding carboxylic acids is 1. The second-order valence-corrected chi connectivity index (χ2v) is 11.4. The molecule has 0 saturated heterocycles. The minimum Gasteiger partial charge on any atom is -0.480 e. The molecule has 41 heavy (non-hydrogen) atoms. The second-order valence-electron chi connectivity index (χ2n) is 9.77. The highest BCUT2D eigenvalue weighted by Gasteiger charge is 2.24. The molecule has 2 aromatic carbocycles. The number of fused-ring (bicyclic) bond motifs is 1. The number of rotatable bonds is 7. The van der Waals surface area contributed by atoms with E-state index in [1.54, 1.807) is 24.3 Å². The van der Waals surface area contributed by atoms with Gasteiger partial charge < -0.3 is 20.9 Å². The smallest absolute Gasteiger partial charge is 0.264 e. The van der Waals surface area contributed by atoms with Crippen LogP contribution in [-0.2, 0) is 10.0 Å². The van der Waals surface area contributed by atoms with Crippen LogP contribution in [0.5, 0.6) is 5.88 Å². The largest absolute Gasteiger partial charge is 0.480 e. The van der Waals surface area contributed by atoms with E-state index in [0.717, 1.165) is 12.1 Å². The Morgan fingerprint density at radius 3 is 2.51 bits per heavy atom. The van der Waals surface area contributed by atoms with Gasteiger partial charge in [-0.25, -0.2) is 27.2 Å². The number of aromatic nitrogens is 2. The number of amides is 1. The molecule has 1 aliphatic rings. The van der Waals surface area contributed by atoms with Crippen LogP contribution in [0.25, 0.3) is 22.0 Å². The number of carbonyl (C=O) groups is 1. The summed E-state index contributed by atoms with van der Waals surface area (Å²) in [7, 11) is -3.16. The van der Waals surface area contributed by atoms with Gasteiger partial charge in [-0.15, -0.1) is 0 Å². The number of benzene rings is 2. The van der Waals surface area contributed by atoms with Gasteiger partial charge in [-0.2, -0.15) is 0 Å². The number of anilines is 2. The van der Waals surface area contributed by atoms with Gasteiger partial charge in [-0.05, 0) is 67.6 Å². The van der Waals surface area contributed by atoms with Gasteiger partial charge in [0, 0.05) is 29.3 Å². The zero-order valence-corrected chi connectivity index (χ0v) is 22.7. The number of hydrogen-bond donors (Lipinski definition) is 4. The number of nitrogens with two attached hydrogens (primary N) is 1. The van der Waals surface area contributed by atoms with Crippen molar-refractivity contribution in [3.8, 4) is 17.0 Å². The predicted octanol–water partition coefficient (Wildman–Crippen LogP) is 4.00. The van der Waals surface area contributed by atoms with E-state index in [2.05, 4.69) is 20.0 Å². The molecule has 0 atom stereocenters. The lowest BCUT2D eigenvalue weighted by Gasteiger charge is -2.26. The minimum atomic E-state index is -4.46. The van der Waals surface area contributed by atoms with Crippen LogP contribution in [0.2, 0.25) is 0 Å². The topological polar surface area (TPSA) is 157 Å². The number of sulfonamides is 1. The molecule has 0 spiro atoms. The first-order chi connectivity index (χ1) is 19.5. The molecule has 10 nitrogen and oxygen atoms in total. The van der Waals surface area contributed by atoms with Gasteiger partial charge in [0.1, 0.15) is 28.0 Å². The molecule has 5 rings (SSSR count). The molecule has 1 amide bonds. The zero-order chi connectivity index (χ0) is 29.3. The van der Waals surface area contributed by atoms with Gasteiger partial charge in [-0.3, -0.25) is 9.52 Å². The normalized spacial score (nSPS) is 17.3. The number of nitrogen functional groups attached to an aromatic ring is 1. The average molecular weight is 584 g/mol. The molecule has 0 bridgehead atoms. The highest BCUT2D eigenvalue weighted by Crippen LogP contribution is 2.32. The summed E-state index contributed by atoms with van der Waals surface area (Å²) in [5.41, 5.74) is 7.87. The Labute approximate surface area is 234 Å². The van der Waals surface area contributed by atoms with Crippen molar-refractivity contribution in [3.05, 3.63) is 71.9 Å². The van der Waals surface area contributed by atoms with Crippen LogP contribution in [0.15, 0.2) is 59.6 Å². The third-order valence-electron chi connectivity index (χ3n) is 6.93. The molecular formula is C28H27F2N5O5S. The average Bonchev–Trinajstić information content (AvgIpc) is 2.93. The van der Waals surface area contributed by atoms with Crippen LogP contribution in [0.1, 0.15) is 36.0 Å². The number of aliphatic hydroxyl groups is 1. The van der Waals surface area contributed by atoms with Crippen LogP contribution in [-0.4, -0.2) is 48.7 Å². The number of nitrogens with one attached hydrogen (secondary N) is 2. The monoisotopic (exact) mass is 583 g/mol. The molecule has 0 radical (unpaired) electrons. The van der Waals surface area contributed by atoms with Crippen molar-refractivity contribution < 1.29 is 31.8 Å². The lowest BCUT2D eigenvalue weighted by Crippen LogP contribution is -2.38. The van der Waals surface area contributed by atoms with Crippen LogP contribution in [0.3, 0.4) is 0 Å². The summed E-state index contributed by atoms with van der Waals surface area (Å²) in [5.74, 6) is -2.51. The standard InChI is InChI=1S/C28H27F2N5O5S/c1-40-28-24(35-41(38,39)25-9-3-18(29)13-22(25)30)12-17(14-32-28)15-2-8-23-16(10-15)11-21(26(31)34-23)27(37)33-19-4-6-20(36)7-5-19/h2-3,8-14,19-20,35-36H,4-7H2,1H3,(H2,31,34)(H,33,37)/t19-,20-. The number of methoxy groups -OCH3 is 1. The molecule has 2 heterocycles. The molecule has 2 aromatic heterocycles. The number of hydrogen-bond acceptors (Lipinski definition) is 8. The van der Waals surface area contributed by atoms with Gasteiger partial charge in [0.05, 0.1) is 24.3 Å². The Bertz CT molecular complexity index is 1740. The predicted molar refractivity (Wildman–Crippen MR) is 149 cm³/mol. The fourth-order valence-corrected chi connectivity index (χ4v) is 5.88. The van der Waals surface area contributed by atoms with E-state index in [1.165, 1.54) is 19.4 Å². The molecule has 1 saturated carbocycles. The number of nitrogens with zero attached hydrogens (tertiary/aromatic N) is 2. The minimum absolute atomic E-state index is 0.0655. The quantitative estimate of drug-likeness (QED) is 0.254. The van der Waals surface area contributed by atoms with Crippen LogP contribution in [0, 0.1) is 11.6 Å². The maximum absolute atomic E-state index is 14.2. The van der Waals surface area contributed by atoms with Gasteiger partial charge in [0.2, 0.25) is 5.88 Å². The van der Waals surface area contributed by atoms with Crippen molar-refractivity contribution in [3.63, 3.8) is 0 Å². The Kier molecular flexibility index (Phi) is 7.74. The van der Waals surface area contributed by atoms with Crippen molar-refractivity contribution in [2.24, 2.45) is 0 Å². The fourth-order valence-electron chi connectivity index (χ4n) is 4.77. The van der Waals surface area contributed by atoms with Gasteiger partial charge in [0.25, 0.3) is 15.9 Å². The second kappa shape index (κ2) is 11.3. The molecule has 1 aliphatic carbocycles. The first-order valence-corrected chi connectivity index (χ1v) is 14.2. The third-order valence-corrected chi connectivity index (χ3v) is 8.33. The summed E-state index contributed by atoms with van der Waals surface area (Å²) in [4.78, 5) is 20.8. The molecule has 4 aromatic rings. The molecule has 214 valence electrons. The summed E-state index contributed by atoms with van der Waals surface area (Å²) in [5, 5.41) is 13.3. The number of pyridine rings is 2. The highest BCUT2D eigenvalue weighted by molar-refractivity contribution is 7.92. The van der Waals surface area contributed by atoms with Crippen LogP contribution >= 0.6 is 0 Å². The maximum atomic E-state index is 14.2. The van der Waals surface area contributed by atoms with E-state index in [4.69, 9.17) is 10.5 Å². The molecule has 13 heteroatoms. The summed E-state index contributed by atoms with van der Waals surface area (Å²) in [6, 6.07) is 10.3. The van der Waals surface area contributed by atoms with Crippen molar-refractivity contribution >= 4 is 38.3 Å². The number of halogens is 2. The van der Waals surface area contributed by atoms with Crippen molar-refractivity contribution in [2.75, 3.05) is 17.6 Å². The molecule has 5 N–H and O–H groups in total. The summed E-state index contributed by atoms with van der Waals surface area (Å²) < 4.78 is 60.8. The zero-order valence-electron chi connectivity index (χ0n) is 21.9. The van der Waals surface area contributed by atoms with Crippen LogP contribution < -0.4 is 20.5 Å². The third kappa shape index (κ3) is 6.05. The van der Waals surface area contributed by atoms with E-state index in [0.29, 0.717) is 53.8 Å². The Hall–Kier alpha value is -4.36. The van der Waals surface area contributed by atoms with Crippen molar-refractivity contribution in [2.45, 2.75) is 42.7 Å². The number of aliphatic hydroxyl groups excluding tert-OH is 1. The first-order valence-electron chi connectivity index (χ1n) is 12.8. The van der Waals surface area contributed by atoms with Gasteiger partial charge in [-0.1, -0.05) is 6.07 Å². The van der Waals surface area contributed by atoms with E-state index >= 15 is 0 Å².